The minimum absolute atomic E-state index is 0.943. The maximum absolute atomic E-state index is 2.70. The molecule has 1 nitrogen and oxygen atoms in total. The topological polar surface area (TPSA) is 3.24 Å². The Morgan fingerprint density at radius 2 is 1.82 bits per heavy atom. The van der Waals surface area contributed by atoms with Gasteiger partial charge in [-0.2, -0.15) is 0 Å². The van der Waals surface area contributed by atoms with Crippen LogP contribution in [0.2, 0.25) is 0 Å². The largest absolute Gasteiger partial charge is 0.300 e. The van der Waals surface area contributed by atoms with Crippen molar-refractivity contribution in [3.63, 3.8) is 0 Å². The van der Waals surface area contributed by atoms with E-state index in [0.717, 1.165) is 17.9 Å². The first kappa shape index (κ1) is 7.60. The van der Waals surface area contributed by atoms with Gasteiger partial charge in [0.05, 0.1) is 0 Å². The SMILES string of the molecule is CC1CCN2CCC(C)C2C1. The van der Waals surface area contributed by atoms with Crippen molar-refractivity contribution in [1.82, 2.24) is 4.90 Å². The van der Waals surface area contributed by atoms with E-state index in [9.17, 15) is 0 Å². The molecule has 2 aliphatic rings. The molecule has 0 aromatic heterocycles. The molecule has 2 fully saturated rings. The van der Waals surface area contributed by atoms with Crippen molar-refractivity contribution in [2.24, 2.45) is 11.8 Å². The molecule has 0 bridgehead atoms. The van der Waals surface area contributed by atoms with E-state index in [1.807, 2.05) is 0 Å². The highest BCUT2D eigenvalue weighted by Crippen LogP contribution is 2.33. The Balaban J connectivity index is 2.01. The molecular weight excluding hydrogens is 134 g/mol. The predicted octanol–water partition coefficient (Wildman–Crippen LogP) is 2.13. The van der Waals surface area contributed by atoms with Gasteiger partial charge in [0.1, 0.15) is 0 Å². The van der Waals surface area contributed by atoms with Crippen LogP contribution in [-0.4, -0.2) is 24.0 Å². The third-order valence-corrected chi connectivity index (χ3v) is 3.55. The fourth-order valence-electron chi connectivity index (χ4n) is 2.66. The molecule has 0 aromatic rings. The zero-order valence-electron chi connectivity index (χ0n) is 7.71. The van der Waals surface area contributed by atoms with Gasteiger partial charge in [0, 0.05) is 6.04 Å². The standard InChI is InChI=1S/C10H19N/c1-8-3-5-11-6-4-9(2)10(11)7-8/h8-10H,3-7H2,1-2H3. The van der Waals surface area contributed by atoms with Crippen LogP contribution < -0.4 is 0 Å². The smallest absolute Gasteiger partial charge is 0.0124 e. The van der Waals surface area contributed by atoms with E-state index in [1.54, 1.807) is 0 Å². The molecule has 0 amide bonds. The fourth-order valence-corrected chi connectivity index (χ4v) is 2.66. The lowest BCUT2D eigenvalue weighted by Crippen LogP contribution is -2.39. The van der Waals surface area contributed by atoms with Gasteiger partial charge in [-0.3, -0.25) is 0 Å². The number of rotatable bonds is 0. The monoisotopic (exact) mass is 153 g/mol. The lowest BCUT2D eigenvalue weighted by atomic mass is 9.88. The van der Waals surface area contributed by atoms with Crippen LogP contribution in [-0.2, 0) is 0 Å². The minimum Gasteiger partial charge on any atom is -0.300 e. The van der Waals surface area contributed by atoms with Crippen LogP contribution >= 0.6 is 0 Å². The second-order valence-electron chi connectivity index (χ2n) is 4.50. The van der Waals surface area contributed by atoms with Gasteiger partial charge >= 0.3 is 0 Å². The van der Waals surface area contributed by atoms with E-state index in [4.69, 9.17) is 0 Å². The summed E-state index contributed by atoms with van der Waals surface area (Å²) in [5, 5.41) is 0. The second kappa shape index (κ2) is 2.78. The van der Waals surface area contributed by atoms with Gasteiger partial charge in [-0.05, 0) is 44.2 Å². The van der Waals surface area contributed by atoms with Gasteiger partial charge in [-0.15, -0.1) is 0 Å². The van der Waals surface area contributed by atoms with Crippen molar-refractivity contribution < 1.29 is 0 Å². The predicted molar refractivity (Wildman–Crippen MR) is 47.5 cm³/mol. The van der Waals surface area contributed by atoms with E-state index in [1.165, 1.54) is 32.4 Å². The molecule has 0 radical (unpaired) electrons. The number of piperidine rings is 1. The van der Waals surface area contributed by atoms with Crippen LogP contribution in [0.5, 0.6) is 0 Å². The molecule has 3 unspecified atom stereocenters. The summed E-state index contributed by atoms with van der Waals surface area (Å²) in [4.78, 5) is 2.70. The molecule has 11 heavy (non-hydrogen) atoms. The van der Waals surface area contributed by atoms with E-state index in [2.05, 4.69) is 18.7 Å². The van der Waals surface area contributed by atoms with Crippen molar-refractivity contribution in [3.8, 4) is 0 Å². The molecule has 2 aliphatic heterocycles. The Morgan fingerprint density at radius 3 is 2.64 bits per heavy atom. The lowest BCUT2D eigenvalue weighted by Gasteiger charge is -2.34. The number of hydrogen-bond donors (Lipinski definition) is 0. The molecule has 2 saturated heterocycles. The van der Waals surface area contributed by atoms with Crippen LogP contribution in [0.3, 0.4) is 0 Å². The van der Waals surface area contributed by atoms with E-state index < -0.39 is 0 Å². The summed E-state index contributed by atoms with van der Waals surface area (Å²) < 4.78 is 0. The third-order valence-electron chi connectivity index (χ3n) is 3.55. The molecule has 3 atom stereocenters. The van der Waals surface area contributed by atoms with Crippen LogP contribution in [0.1, 0.15) is 33.1 Å². The van der Waals surface area contributed by atoms with Gasteiger partial charge in [0.25, 0.3) is 0 Å². The van der Waals surface area contributed by atoms with Gasteiger partial charge in [-0.1, -0.05) is 13.8 Å². The quantitative estimate of drug-likeness (QED) is 0.515. The van der Waals surface area contributed by atoms with E-state index in [-0.39, 0.29) is 0 Å². The summed E-state index contributed by atoms with van der Waals surface area (Å²) >= 11 is 0. The first-order valence-corrected chi connectivity index (χ1v) is 5.01. The summed E-state index contributed by atoms with van der Waals surface area (Å²) in [6, 6.07) is 0.943. The minimum atomic E-state index is 0.943. The molecular formula is C10H19N. The summed E-state index contributed by atoms with van der Waals surface area (Å²) in [6.45, 7) is 7.57. The summed E-state index contributed by atoms with van der Waals surface area (Å²) in [6.07, 6.45) is 4.34. The Hall–Kier alpha value is -0.0400. The normalized spacial score (nSPS) is 45.8. The average molecular weight is 153 g/mol. The summed E-state index contributed by atoms with van der Waals surface area (Å²) in [7, 11) is 0. The third kappa shape index (κ3) is 1.31. The Bertz CT molecular complexity index is 144. The molecule has 0 saturated carbocycles. The molecule has 0 spiro atoms. The molecule has 64 valence electrons. The number of nitrogens with zero attached hydrogens (tertiary/aromatic N) is 1. The van der Waals surface area contributed by atoms with Gasteiger partial charge in [0.15, 0.2) is 0 Å². The summed E-state index contributed by atoms with van der Waals surface area (Å²) in [5.74, 6) is 1.95. The zero-order chi connectivity index (χ0) is 7.84. The maximum Gasteiger partial charge on any atom is 0.0124 e. The van der Waals surface area contributed by atoms with Gasteiger partial charge in [-0.25, -0.2) is 0 Å². The zero-order valence-corrected chi connectivity index (χ0v) is 7.71. The van der Waals surface area contributed by atoms with E-state index in [0.29, 0.717) is 0 Å². The first-order chi connectivity index (χ1) is 5.27. The van der Waals surface area contributed by atoms with Gasteiger partial charge < -0.3 is 4.90 Å². The molecule has 2 rings (SSSR count). The lowest BCUT2D eigenvalue weighted by molar-refractivity contribution is 0.142. The number of fused-ring (bicyclic) bond motifs is 1. The summed E-state index contributed by atoms with van der Waals surface area (Å²) in [5.41, 5.74) is 0. The van der Waals surface area contributed by atoms with E-state index >= 15 is 0 Å². The van der Waals surface area contributed by atoms with Crippen LogP contribution in [0.15, 0.2) is 0 Å². The highest BCUT2D eigenvalue weighted by atomic mass is 15.2. The fraction of sp³-hybridized carbons (Fsp3) is 1.00. The van der Waals surface area contributed by atoms with Crippen LogP contribution in [0, 0.1) is 11.8 Å². The van der Waals surface area contributed by atoms with Gasteiger partial charge in [0.2, 0.25) is 0 Å². The second-order valence-corrected chi connectivity index (χ2v) is 4.50. The molecule has 0 aromatic carbocycles. The van der Waals surface area contributed by atoms with Crippen molar-refractivity contribution >= 4 is 0 Å². The van der Waals surface area contributed by atoms with Crippen molar-refractivity contribution in [2.45, 2.75) is 39.2 Å². The maximum atomic E-state index is 2.70. The van der Waals surface area contributed by atoms with Crippen molar-refractivity contribution in [2.75, 3.05) is 13.1 Å². The average Bonchev–Trinajstić information content (AvgIpc) is 2.33. The Kier molecular flexibility index (Phi) is 1.92. The van der Waals surface area contributed by atoms with Crippen molar-refractivity contribution in [1.29, 1.82) is 0 Å². The molecule has 1 heteroatoms. The highest BCUT2D eigenvalue weighted by Gasteiger charge is 2.34. The molecule has 0 aliphatic carbocycles. The first-order valence-electron chi connectivity index (χ1n) is 5.01. The number of hydrogen-bond acceptors (Lipinski definition) is 1. The van der Waals surface area contributed by atoms with Crippen molar-refractivity contribution in [3.05, 3.63) is 0 Å². The Labute approximate surface area is 69.8 Å². The van der Waals surface area contributed by atoms with Crippen LogP contribution in [0.25, 0.3) is 0 Å². The molecule has 2 heterocycles. The highest BCUT2D eigenvalue weighted by molar-refractivity contribution is 4.89. The molecule has 0 N–H and O–H groups in total. The Morgan fingerprint density at radius 1 is 1.09 bits per heavy atom. The van der Waals surface area contributed by atoms with Crippen LogP contribution in [0.4, 0.5) is 0 Å².